The van der Waals surface area contributed by atoms with Gasteiger partial charge in [0.05, 0.1) is 6.10 Å². The summed E-state index contributed by atoms with van der Waals surface area (Å²) in [5, 5.41) is 13.0. The third kappa shape index (κ3) is 4.01. The number of rotatable bonds is 5. The van der Waals surface area contributed by atoms with Gasteiger partial charge in [0.2, 0.25) is 0 Å². The van der Waals surface area contributed by atoms with Crippen LogP contribution in [-0.2, 0) is 0 Å². The summed E-state index contributed by atoms with van der Waals surface area (Å²) in [5.41, 5.74) is 0.998. The van der Waals surface area contributed by atoms with E-state index in [0.717, 1.165) is 38.0 Å². The maximum atomic E-state index is 13.3. The number of hydrogen-bond donors (Lipinski definition) is 2. The topological polar surface area (TPSA) is 35.5 Å². The van der Waals surface area contributed by atoms with Gasteiger partial charge in [0.15, 0.2) is 0 Å². The quantitative estimate of drug-likeness (QED) is 0.868. The molecule has 2 rings (SSSR count). The Balaban J connectivity index is 1.88. The fourth-order valence-electron chi connectivity index (χ4n) is 2.94. The largest absolute Gasteiger partial charge is 0.393 e. The van der Waals surface area contributed by atoms with Crippen LogP contribution in [0, 0.1) is 11.7 Å². The maximum Gasteiger partial charge on any atom is 0.123 e. The number of piperidine rings is 1. The van der Waals surface area contributed by atoms with Gasteiger partial charge in [-0.15, -0.1) is 0 Å². The van der Waals surface area contributed by atoms with Gasteiger partial charge in [-0.05, 0) is 50.0 Å². The fourth-order valence-corrected chi connectivity index (χ4v) is 2.94. The average Bonchev–Trinajstić information content (AvgIpc) is 2.43. The summed E-state index contributed by atoms with van der Waals surface area (Å²) in [6.45, 7) is 4.96. The van der Waals surface area contributed by atoms with Crippen LogP contribution in [0.3, 0.4) is 0 Å². The third-order valence-corrected chi connectivity index (χ3v) is 4.28. The molecule has 3 unspecified atom stereocenters. The predicted octanol–water partition coefficient (Wildman–Crippen LogP) is 2.18. The van der Waals surface area contributed by atoms with E-state index in [1.54, 1.807) is 12.1 Å². The first kappa shape index (κ1) is 15.4. The van der Waals surface area contributed by atoms with Gasteiger partial charge in [0.1, 0.15) is 5.82 Å². The van der Waals surface area contributed by atoms with Crippen LogP contribution in [0.25, 0.3) is 0 Å². The first-order valence-electron chi connectivity index (χ1n) is 7.43. The van der Waals surface area contributed by atoms with E-state index in [2.05, 4.69) is 17.1 Å². The van der Waals surface area contributed by atoms with Crippen molar-refractivity contribution in [2.45, 2.75) is 31.9 Å². The molecule has 20 heavy (non-hydrogen) atoms. The molecule has 1 aliphatic rings. The number of nitrogens with zero attached hydrogens (tertiary/aromatic N) is 1. The highest BCUT2D eigenvalue weighted by atomic mass is 19.1. The van der Waals surface area contributed by atoms with Gasteiger partial charge in [0, 0.05) is 19.1 Å². The number of aliphatic hydroxyl groups excluding tert-OH is 1. The van der Waals surface area contributed by atoms with Gasteiger partial charge >= 0.3 is 0 Å². The summed E-state index contributed by atoms with van der Waals surface area (Å²) >= 11 is 0. The van der Waals surface area contributed by atoms with E-state index in [0.29, 0.717) is 5.92 Å². The molecule has 1 aromatic rings. The Bertz CT molecular complexity index is 427. The number of nitrogens with one attached hydrogen (secondary N) is 1. The van der Waals surface area contributed by atoms with E-state index in [9.17, 15) is 9.50 Å². The van der Waals surface area contributed by atoms with E-state index >= 15 is 0 Å². The van der Waals surface area contributed by atoms with E-state index in [1.807, 2.05) is 13.1 Å². The Kier molecular flexibility index (Phi) is 5.52. The van der Waals surface area contributed by atoms with Gasteiger partial charge in [-0.25, -0.2) is 4.39 Å². The van der Waals surface area contributed by atoms with E-state index in [-0.39, 0.29) is 18.0 Å². The molecule has 1 saturated heterocycles. The number of benzene rings is 1. The van der Waals surface area contributed by atoms with E-state index in [1.165, 1.54) is 6.07 Å². The molecule has 0 spiro atoms. The summed E-state index contributed by atoms with van der Waals surface area (Å²) in [5.74, 6) is 0.156. The highest BCUT2D eigenvalue weighted by Crippen LogP contribution is 2.21. The van der Waals surface area contributed by atoms with Crippen molar-refractivity contribution in [1.29, 1.82) is 0 Å². The van der Waals surface area contributed by atoms with Gasteiger partial charge in [-0.3, -0.25) is 0 Å². The van der Waals surface area contributed by atoms with Crippen LogP contribution in [0.4, 0.5) is 4.39 Å². The number of halogens is 1. The molecule has 0 saturated carbocycles. The van der Waals surface area contributed by atoms with Crippen LogP contribution >= 0.6 is 0 Å². The zero-order valence-corrected chi connectivity index (χ0v) is 12.3. The molecule has 0 aliphatic carbocycles. The highest BCUT2D eigenvalue weighted by Gasteiger charge is 2.24. The first-order chi connectivity index (χ1) is 9.60. The molecule has 1 aliphatic heterocycles. The zero-order chi connectivity index (χ0) is 14.5. The molecule has 112 valence electrons. The van der Waals surface area contributed by atoms with Crippen molar-refractivity contribution >= 4 is 0 Å². The van der Waals surface area contributed by atoms with Crippen LogP contribution in [0.1, 0.15) is 31.4 Å². The van der Waals surface area contributed by atoms with E-state index < -0.39 is 0 Å². The molecule has 0 radical (unpaired) electrons. The Hall–Kier alpha value is -0.970. The Morgan fingerprint density at radius 1 is 1.50 bits per heavy atom. The van der Waals surface area contributed by atoms with Gasteiger partial charge in [-0.2, -0.15) is 0 Å². The third-order valence-electron chi connectivity index (χ3n) is 4.28. The summed E-state index contributed by atoms with van der Waals surface area (Å²) in [6.07, 6.45) is 1.64. The van der Waals surface area contributed by atoms with E-state index in [4.69, 9.17) is 0 Å². The maximum absolute atomic E-state index is 13.3. The molecule has 3 nitrogen and oxygen atoms in total. The van der Waals surface area contributed by atoms with Crippen LogP contribution in [0.2, 0.25) is 0 Å². The lowest BCUT2D eigenvalue weighted by molar-refractivity contribution is 0.0338. The standard InChI is InChI=1S/C16H25FN2O/c1-12-11-19(9-7-16(12)20)8-6-15(18-2)13-4-3-5-14(17)10-13/h3-5,10,12,15-16,18,20H,6-9,11H2,1-2H3. The van der Waals surface area contributed by atoms with Crippen molar-refractivity contribution < 1.29 is 9.50 Å². The smallest absolute Gasteiger partial charge is 0.123 e. The second-order valence-corrected chi connectivity index (χ2v) is 5.82. The lowest BCUT2D eigenvalue weighted by atomic mass is 9.96. The molecule has 1 aromatic carbocycles. The summed E-state index contributed by atoms with van der Waals surface area (Å²) in [7, 11) is 1.91. The molecule has 0 aromatic heterocycles. The molecule has 3 atom stereocenters. The van der Waals surface area contributed by atoms with Crippen molar-refractivity contribution in [2.75, 3.05) is 26.7 Å². The first-order valence-corrected chi connectivity index (χ1v) is 7.43. The summed E-state index contributed by atoms with van der Waals surface area (Å²) in [4.78, 5) is 2.39. The predicted molar refractivity (Wildman–Crippen MR) is 79.0 cm³/mol. The fraction of sp³-hybridized carbons (Fsp3) is 0.625. The van der Waals surface area contributed by atoms with Crippen molar-refractivity contribution in [1.82, 2.24) is 10.2 Å². The van der Waals surface area contributed by atoms with Gasteiger partial charge < -0.3 is 15.3 Å². The normalized spacial score (nSPS) is 25.6. The average molecular weight is 280 g/mol. The SMILES string of the molecule is CNC(CCN1CCC(O)C(C)C1)c1cccc(F)c1. The van der Waals surface area contributed by atoms with Crippen LogP contribution in [0.5, 0.6) is 0 Å². The van der Waals surface area contributed by atoms with Gasteiger partial charge in [0.25, 0.3) is 0 Å². The number of aliphatic hydroxyl groups is 1. The van der Waals surface area contributed by atoms with Crippen molar-refractivity contribution in [3.05, 3.63) is 35.6 Å². The van der Waals surface area contributed by atoms with Crippen molar-refractivity contribution in [2.24, 2.45) is 5.92 Å². The molecular formula is C16H25FN2O. The number of hydrogen-bond acceptors (Lipinski definition) is 3. The summed E-state index contributed by atoms with van der Waals surface area (Å²) < 4.78 is 13.3. The summed E-state index contributed by atoms with van der Waals surface area (Å²) in [6, 6.07) is 6.97. The zero-order valence-electron chi connectivity index (χ0n) is 12.3. The molecule has 4 heteroatoms. The van der Waals surface area contributed by atoms with Crippen LogP contribution < -0.4 is 5.32 Å². The highest BCUT2D eigenvalue weighted by molar-refractivity contribution is 5.20. The molecule has 0 bridgehead atoms. The van der Waals surface area contributed by atoms with Crippen molar-refractivity contribution in [3.8, 4) is 0 Å². The minimum absolute atomic E-state index is 0.158. The molecular weight excluding hydrogens is 255 g/mol. The van der Waals surface area contributed by atoms with Gasteiger partial charge in [-0.1, -0.05) is 19.1 Å². The minimum atomic E-state index is -0.183. The monoisotopic (exact) mass is 280 g/mol. The minimum Gasteiger partial charge on any atom is -0.393 e. The Morgan fingerprint density at radius 2 is 2.30 bits per heavy atom. The van der Waals surface area contributed by atoms with Crippen molar-refractivity contribution in [3.63, 3.8) is 0 Å². The lowest BCUT2D eigenvalue weighted by Gasteiger charge is -2.35. The molecule has 1 heterocycles. The lowest BCUT2D eigenvalue weighted by Crippen LogP contribution is -2.42. The van der Waals surface area contributed by atoms with Crippen LogP contribution in [-0.4, -0.2) is 42.8 Å². The second-order valence-electron chi connectivity index (χ2n) is 5.82. The molecule has 0 amide bonds. The molecule has 2 N–H and O–H groups in total. The Labute approximate surface area is 120 Å². The second kappa shape index (κ2) is 7.16. The molecule has 1 fully saturated rings. The number of likely N-dealkylation sites (tertiary alicyclic amines) is 1. The van der Waals surface area contributed by atoms with Crippen LogP contribution in [0.15, 0.2) is 24.3 Å². The Morgan fingerprint density at radius 3 is 2.95 bits per heavy atom.